The number of aryl methyl sites for hydroxylation is 2. The summed E-state index contributed by atoms with van der Waals surface area (Å²) in [4.78, 5) is 35.1. The van der Waals surface area contributed by atoms with E-state index in [1.54, 1.807) is 22.6 Å². The van der Waals surface area contributed by atoms with E-state index in [9.17, 15) is 9.59 Å². The number of thioether (sulfide) groups is 1. The lowest BCUT2D eigenvalue weighted by molar-refractivity contribution is -0.142. The van der Waals surface area contributed by atoms with Crippen LogP contribution in [0.15, 0.2) is 36.7 Å². The Morgan fingerprint density at radius 1 is 1.20 bits per heavy atom. The lowest BCUT2D eigenvalue weighted by Gasteiger charge is -2.16. The minimum atomic E-state index is -0.699. The Morgan fingerprint density at radius 3 is 2.77 bits per heavy atom. The van der Waals surface area contributed by atoms with Gasteiger partial charge in [0.05, 0.1) is 30.3 Å². The second-order valence-corrected chi connectivity index (χ2v) is 10.0. The van der Waals surface area contributed by atoms with E-state index in [0.29, 0.717) is 17.9 Å². The van der Waals surface area contributed by atoms with E-state index in [1.165, 1.54) is 12.7 Å². The van der Waals surface area contributed by atoms with Crippen LogP contribution in [0, 0.1) is 0 Å². The normalized spacial score (nSPS) is 15.5. The molecule has 182 valence electrons. The highest BCUT2D eigenvalue weighted by molar-refractivity contribution is 7.98. The summed E-state index contributed by atoms with van der Waals surface area (Å²) in [6, 6.07) is 7.68. The first-order valence-corrected chi connectivity index (χ1v) is 13.4. The van der Waals surface area contributed by atoms with Crippen molar-refractivity contribution in [2.24, 2.45) is 0 Å². The Morgan fingerprint density at radius 2 is 2.00 bits per heavy atom. The zero-order chi connectivity index (χ0) is 24.4. The van der Waals surface area contributed by atoms with Crippen molar-refractivity contribution in [2.45, 2.75) is 50.5 Å². The summed E-state index contributed by atoms with van der Waals surface area (Å²) in [6.45, 7) is 0. The molecule has 9 heteroatoms. The Balaban J connectivity index is 1.50. The summed E-state index contributed by atoms with van der Waals surface area (Å²) in [5.74, 6) is 0.651. The molecule has 8 nitrogen and oxygen atoms in total. The van der Waals surface area contributed by atoms with Crippen molar-refractivity contribution >= 4 is 23.6 Å². The minimum absolute atomic E-state index is 0.218. The molecule has 1 atom stereocenters. The monoisotopic (exact) mass is 491 g/mol. The number of carbonyl (C=O) groups is 2. The molecule has 1 N–H and O–H groups in total. The third-order valence-electron chi connectivity index (χ3n) is 6.62. The van der Waals surface area contributed by atoms with E-state index in [0.717, 1.165) is 60.4 Å². The zero-order valence-electron chi connectivity index (χ0n) is 20.0. The van der Waals surface area contributed by atoms with Gasteiger partial charge < -0.3 is 10.1 Å². The van der Waals surface area contributed by atoms with Gasteiger partial charge in [0.25, 0.3) is 11.9 Å². The van der Waals surface area contributed by atoms with Gasteiger partial charge in [-0.25, -0.2) is 19.4 Å². The molecule has 2 heterocycles. The number of amides is 1. The number of hydrogen-bond acceptors (Lipinski definition) is 7. The number of nitrogens with zero attached hydrogens (tertiary/aromatic N) is 4. The largest absolute Gasteiger partial charge is 0.467 e. The number of esters is 1. The molecule has 35 heavy (non-hydrogen) atoms. The van der Waals surface area contributed by atoms with E-state index in [4.69, 9.17) is 9.72 Å². The number of rotatable bonds is 8. The van der Waals surface area contributed by atoms with E-state index in [2.05, 4.69) is 33.6 Å². The Kier molecular flexibility index (Phi) is 6.86. The number of ether oxygens (including phenoxy) is 1. The fourth-order valence-electron chi connectivity index (χ4n) is 4.66. The van der Waals surface area contributed by atoms with Crippen molar-refractivity contribution in [3.63, 3.8) is 0 Å². The number of methoxy groups -OCH3 is 1. The van der Waals surface area contributed by atoms with Crippen molar-refractivity contribution in [2.75, 3.05) is 19.1 Å². The predicted octanol–water partition coefficient (Wildman–Crippen LogP) is 3.72. The van der Waals surface area contributed by atoms with Gasteiger partial charge in [-0.1, -0.05) is 24.3 Å². The SMILES string of the molecule is COC(=O)C(CCSC)NC(=O)c1cnn(-c2ncc3c(n2)-c2ccccc2CCC3)c1C1CC1. The smallest absolute Gasteiger partial charge is 0.328 e. The molecular formula is C26H29N5O3S. The standard InChI is InChI=1S/C26H29N5O3S/c1-34-25(33)21(12-13-35-2)29-24(32)20-15-28-31(23(20)17-10-11-17)26-27-14-18-8-5-7-16-6-3-4-9-19(16)22(18)30-26/h3-4,6,9,14-15,17,21H,5,7-8,10-13H2,1-2H3,(H,29,32). The molecule has 1 saturated carbocycles. The molecule has 3 aromatic rings. The van der Waals surface area contributed by atoms with Gasteiger partial charge in [-0.3, -0.25) is 4.79 Å². The highest BCUT2D eigenvalue weighted by atomic mass is 32.2. The number of aromatic nitrogens is 4. The van der Waals surface area contributed by atoms with Crippen LogP contribution in [-0.4, -0.2) is 56.8 Å². The molecule has 2 aliphatic carbocycles. The topological polar surface area (TPSA) is 99.0 Å². The number of fused-ring (bicyclic) bond motifs is 3. The van der Waals surface area contributed by atoms with Crippen LogP contribution in [0.5, 0.6) is 0 Å². The quantitative estimate of drug-likeness (QED) is 0.480. The maximum atomic E-state index is 13.3. The van der Waals surface area contributed by atoms with Crippen LogP contribution in [0.1, 0.15) is 58.8 Å². The molecule has 1 amide bonds. The van der Waals surface area contributed by atoms with Gasteiger partial charge in [0.15, 0.2) is 0 Å². The van der Waals surface area contributed by atoms with E-state index < -0.39 is 12.0 Å². The molecule has 0 radical (unpaired) electrons. The predicted molar refractivity (Wildman–Crippen MR) is 135 cm³/mol. The summed E-state index contributed by atoms with van der Waals surface area (Å²) in [6.07, 6.45) is 10.9. The molecular weight excluding hydrogens is 462 g/mol. The summed E-state index contributed by atoms with van der Waals surface area (Å²) in [7, 11) is 1.34. The first-order chi connectivity index (χ1) is 17.1. The molecule has 0 bridgehead atoms. The fraction of sp³-hybridized carbons (Fsp3) is 0.423. The van der Waals surface area contributed by atoms with Crippen LogP contribution >= 0.6 is 11.8 Å². The van der Waals surface area contributed by atoms with Crippen LogP contribution in [0.2, 0.25) is 0 Å². The molecule has 0 spiro atoms. The van der Waals surface area contributed by atoms with Gasteiger partial charge in [-0.05, 0) is 61.7 Å². The van der Waals surface area contributed by atoms with E-state index >= 15 is 0 Å². The highest BCUT2D eigenvalue weighted by Crippen LogP contribution is 2.42. The van der Waals surface area contributed by atoms with Crippen molar-refractivity contribution in [1.82, 2.24) is 25.1 Å². The second kappa shape index (κ2) is 10.2. The summed E-state index contributed by atoms with van der Waals surface area (Å²) in [5, 5.41) is 7.40. The molecule has 1 fully saturated rings. The molecule has 0 aliphatic heterocycles. The van der Waals surface area contributed by atoms with Gasteiger partial charge in [-0.15, -0.1) is 0 Å². The average molecular weight is 492 g/mol. The van der Waals surface area contributed by atoms with Crippen molar-refractivity contribution in [3.8, 4) is 17.2 Å². The third kappa shape index (κ3) is 4.82. The molecule has 1 unspecified atom stereocenters. The van der Waals surface area contributed by atoms with Gasteiger partial charge >= 0.3 is 5.97 Å². The summed E-state index contributed by atoms with van der Waals surface area (Å²) < 4.78 is 6.60. The van der Waals surface area contributed by atoms with Gasteiger partial charge in [-0.2, -0.15) is 16.9 Å². The van der Waals surface area contributed by atoms with Gasteiger partial charge in [0.1, 0.15) is 6.04 Å². The average Bonchev–Trinajstić information content (AvgIpc) is 3.66. The number of nitrogens with one attached hydrogen (secondary N) is 1. The van der Waals surface area contributed by atoms with Crippen LogP contribution in [0.3, 0.4) is 0 Å². The first kappa shape index (κ1) is 23.5. The van der Waals surface area contributed by atoms with Crippen molar-refractivity contribution in [1.29, 1.82) is 0 Å². The highest BCUT2D eigenvalue weighted by Gasteiger charge is 2.35. The molecule has 5 rings (SSSR count). The van der Waals surface area contributed by atoms with Crippen LogP contribution in [0.4, 0.5) is 0 Å². The van der Waals surface area contributed by atoms with Gasteiger partial charge in [0, 0.05) is 17.7 Å². The third-order valence-corrected chi connectivity index (χ3v) is 7.27. The van der Waals surface area contributed by atoms with Crippen molar-refractivity contribution in [3.05, 3.63) is 59.0 Å². The Hall–Kier alpha value is -3.20. The zero-order valence-corrected chi connectivity index (χ0v) is 20.8. The van der Waals surface area contributed by atoms with E-state index in [1.807, 2.05) is 18.5 Å². The lowest BCUT2D eigenvalue weighted by Crippen LogP contribution is -2.42. The maximum absolute atomic E-state index is 13.3. The molecule has 2 aromatic heterocycles. The second-order valence-electron chi connectivity index (χ2n) is 9.01. The van der Waals surface area contributed by atoms with Crippen LogP contribution < -0.4 is 5.32 Å². The van der Waals surface area contributed by atoms with Crippen molar-refractivity contribution < 1.29 is 14.3 Å². The minimum Gasteiger partial charge on any atom is -0.467 e. The summed E-state index contributed by atoms with van der Waals surface area (Å²) in [5.41, 5.74) is 5.76. The molecule has 2 aliphatic rings. The first-order valence-electron chi connectivity index (χ1n) is 12.0. The molecule has 1 aromatic carbocycles. The number of benzene rings is 1. The van der Waals surface area contributed by atoms with Crippen LogP contribution in [0.25, 0.3) is 17.2 Å². The summed E-state index contributed by atoms with van der Waals surface area (Å²) >= 11 is 1.62. The maximum Gasteiger partial charge on any atom is 0.328 e. The lowest BCUT2D eigenvalue weighted by atomic mass is 10.0. The fourth-order valence-corrected chi connectivity index (χ4v) is 5.13. The Bertz CT molecular complexity index is 1250. The van der Waals surface area contributed by atoms with E-state index in [-0.39, 0.29) is 11.8 Å². The van der Waals surface area contributed by atoms with Crippen LogP contribution in [-0.2, 0) is 22.4 Å². The Labute approximate surface area is 208 Å². The number of hydrogen-bond donors (Lipinski definition) is 1. The molecule has 0 saturated heterocycles. The van der Waals surface area contributed by atoms with Gasteiger partial charge in [0.2, 0.25) is 0 Å². The number of carbonyl (C=O) groups excluding carboxylic acids is 2.